The molecule has 5 atom stereocenters. The van der Waals surface area contributed by atoms with E-state index < -0.39 is 37.3 Å². The molecule has 0 aromatic rings. The summed E-state index contributed by atoms with van der Waals surface area (Å²) in [6.07, 6.45) is 16.0. The van der Waals surface area contributed by atoms with Gasteiger partial charge >= 0.3 is 0 Å². The summed E-state index contributed by atoms with van der Waals surface area (Å²) in [6, 6.07) is 0. The van der Waals surface area contributed by atoms with Crippen molar-refractivity contribution in [2.24, 2.45) is 0 Å². The number of allylic oxidation sites excluding steroid dienone is 2. The molecule has 30 heavy (non-hydrogen) atoms. The van der Waals surface area contributed by atoms with Crippen molar-refractivity contribution in [2.75, 3.05) is 13.2 Å². The largest absolute Gasteiger partial charge is 0.394 e. The van der Waals surface area contributed by atoms with Crippen LogP contribution in [0.4, 0.5) is 0 Å². The zero-order valence-electron chi connectivity index (χ0n) is 19.0. The fourth-order valence-electron chi connectivity index (χ4n) is 3.75. The molecule has 0 saturated carbocycles. The van der Waals surface area contributed by atoms with Gasteiger partial charge < -0.3 is 29.9 Å². The van der Waals surface area contributed by atoms with Gasteiger partial charge in [-0.2, -0.15) is 0 Å². The fourth-order valence-corrected chi connectivity index (χ4v) is 3.75. The molecule has 0 bridgehead atoms. The van der Waals surface area contributed by atoms with E-state index in [0.29, 0.717) is 6.61 Å². The number of rotatable bonds is 18. The third kappa shape index (κ3) is 11.8. The van der Waals surface area contributed by atoms with Gasteiger partial charge in [-0.3, -0.25) is 0 Å². The molecule has 6 nitrogen and oxygen atoms in total. The van der Waals surface area contributed by atoms with Crippen LogP contribution in [0, 0.1) is 0 Å². The van der Waals surface area contributed by atoms with E-state index in [1.54, 1.807) is 0 Å². The Morgan fingerprint density at radius 3 is 1.80 bits per heavy atom. The molecule has 0 amide bonds. The van der Waals surface area contributed by atoms with E-state index in [0.717, 1.165) is 19.3 Å². The van der Waals surface area contributed by atoms with Crippen LogP contribution in [-0.4, -0.2) is 64.3 Å². The lowest BCUT2D eigenvalue weighted by atomic mass is 9.99. The van der Waals surface area contributed by atoms with Crippen LogP contribution in [0.25, 0.3) is 0 Å². The molecule has 0 spiro atoms. The second kappa shape index (κ2) is 18.1. The average Bonchev–Trinajstić information content (AvgIpc) is 2.75. The Hall–Kier alpha value is -0.500. The fraction of sp³-hybridized carbons (Fsp3) is 0.917. The van der Waals surface area contributed by atoms with Gasteiger partial charge in [0.05, 0.1) is 6.61 Å². The van der Waals surface area contributed by atoms with Gasteiger partial charge in [0.1, 0.15) is 24.4 Å². The van der Waals surface area contributed by atoms with Crippen LogP contribution in [0.2, 0.25) is 0 Å². The van der Waals surface area contributed by atoms with Crippen molar-refractivity contribution in [1.29, 1.82) is 0 Å². The van der Waals surface area contributed by atoms with Gasteiger partial charge in [0.2, 0.25) is 0 Å². The van der Waals surface area contributed by atoms with E-state index in [2.05, 4.69) is 19.1 Å². The first-order chi connectivity index (χ1) is 14.6. The monoisotopic (exact) mass is 430 g/mol. The molecule has 0 aromatic heterocycles. The normalized spacial score (nSPS) is 27.2. The summed E-state index contributed by atoms with van der Waals surface area (Å²) in [5.74, 6) is 0. The van der Waals surface area contributed by atoms with Gasteiger partial charge in [-0.25, -0.2) is 0 Å². The van der Waals surface area contributed by atoms with Gasteiger partial charge in [0.25, 0.3) is 0 Å². The highest BCUT2D eigenvalue weighted by molar-refractivity contribution is 4.88. The van der Waals surface area contributed by atoms with E-state index in [9.17, 15) is 15.3 Å². The van der Waals surface area contributed by atoms with Crippen LogP contribution in [0.3, 0.4) is 0 Å². The minimum Gasteiger partial charge on any atom is -0.394 e. The summed E-state index contributed by atoms with van der Waals surface area (Å²) in [7, 11) is 0. The highest BCUT2D eigenvalue weighted by Crippen LogP contribution is 2.22. The Kier molecular flexibility index (Phi) is 16.6. The number of aliphatic hydroxyl groups is 4. The molecule has 1 heterocycles. The lowest BCUT2D eigenvalue weighted by Crippen LogP contribution is -2.59. The third-order valence-corrected chi connectivity index (χ3v) is 5.79. The average molecular weight is 431 g/mol. The van der Waals surface area contributed by atoms with E-state index in [4.69, 9.17) is 14.6 Å². The molecular weight excluding hydrogens is 384 g/mol. The lowest BCUT2D eigenvalue weighted by Gasteiger charge is -2.39. The third-order valence-electron chi connectivity index (χ3n) is 5.79. The van der Waals surface area contributed by atoms with Gasteiger partial charge in [-0.1, -0.05) is 76.9 Å². The molecule has 4 N–H and O–H groups in total. The van der Waals surface area contributed by atoms with Crippen LogP contribution in [0.5, 0.6) is 0 Å². The highest BCUT2D eigenvalue weighted by atomic mass is 16.7. The zero-order chi connectivity index (χ0) is 22.0. The number of unbranched alkanes of at least 4 members (excludes halogenated alkanes) is 12. The van der Waals surface area contributed by atoms with Gasteiger partial charge in [0.15, 0.2) is 6.29 Å². The van der Waals surface area contributed by atoms with Gasteiger partial charge in [-0.15, -0.1) is 0 Å². The molecule has 0 aromatic carbocycles. The molecule has 0 unspecified atom stereocenters. The maximum atomic E-state index is 9.91. The smallest absolute Gasteiger partial charge is 0.186 e. The van der Waals surface area contributed by atoms with Crippen LogP contribution in [-0.2, 0) is 9.47 Å². The van der Waals surface area contributed by atoms with Crippen molar-refractivity contribution in [3.8, 4) is 0 Å². The predicted octanol–water partition coefficient (Wildman–Crippen LogP) is 3.84. The van der Waals surface area contributed by atoms with Gasteiger partial charge in [-0.05, 0) is 32.1 Å². The quantitative estimate of drug-likeness (QED) is 0.195. The molecule has 178 valence electrons. The van der Waals surface area contributed by atoms with Crippen molar-refractivity contribution >= 4 is 0 Å². The van der Waals surface area contributed by atoms with Crippen molar-refractivity contribution in [2.45, 2.75) is 128 Å². The van der Waals surface area contributed by atoms with E-state index in [-0.39, 0.29) is 0 Å². The molecule has 0 radical (unpaired) electrons. The second-order valence-electron chi connectivity index (χ2n) is 8.51. The minimum absolute atomic E-state index is 0.421. The molecule has 1 rings (SSSR count). The molecule has 1 aliphatic heterocycles. The number of hydrogen-bond acceptors (Lipinski definition) is 6. The summed E-state index contributed by atoms with van der Waals surface area (Å²) in [5, 5.41) is 38.6. The summed E-state index contributed by atoms with van der Waals surface area (Å²) < 4.78 is 10.8. The lowest BCUT2D eigenvalue weighted by molar-refractivity contribution is -0.301. The molecule has 1 saturated heterocycles. The second-order valence-corrected chi connectivity index (χ2v) is 8.51. The molecule has 6 heteroatoms. The summed E-state index contributed by atoms with van der Waals surface area (Å²) in [6.45, 7) is 2.24. The molecule has 1 aliphatic rings. The summed E-state index contributed by atoms with van der Waals surface area (Å²) in [5.41, 5.74) is 0. The van der Waals surface area contributed by atoms with E-state index >= 15 is 0 Å². The Balaban J connectivity index is 1.90. The molecule has 0 aliphatic carbocycles. The topological polar surface area (TPSA) is 99.4 Å². The first-order valence-corrected chi connectivity index (χ1v) is 12.2. The maximum absolute atomic E-state index is 9.91. The maximum Gasteiger partial charge on any atom is 0.186 e. The molecule has 1 fully saturated rings. The van der Waals surface area contributed by atoms with Crippen LogP contribution >= 0.6 is 0 Å². The Morgan fingerprint density at radius 1 is 0.700 bits per heavy atom. The van der Waals surface area contributed by atoms with Crippen LogP contribution in [0.1, 0.15) is 96.8 Å². The number of aliphatic hydroxyl groups excluding tert-OH is 4. The number of hydrogen-bond donors (Lipinski definition) is 4. The summed E-state index contributed by atoms with van der Waals surface area (Å²) >= 11 is 0. The van der Waals surface area contributed by atoms with Crippen LogP contribution < -0.4 is 0 Å². The first-order valence-electron chi connectivity index (χ1n) is 12.2. The predicted molar refractivity (Wildman–Crippen MR) is 119 cm³/mol. The SMILES string of the molecule is CCCCCCCC/C=C\CCCCCCCCO[C@H]1O[C@H](CO)[C@@H](O)[C@H](O)[C@H]1O. The van der Waals surface area contributed by atoms with Gasteiger partial charge in [0, 0.05) is 6.61 Å². The highest BCUT2D eigenvalue weighted by Gasteiger charge is 2.43. The number of ether oxygens (including phenoxy) is 2. The molecular formula is C24H46O6. The van der Waals surface area contributed by atoms with Crippen LogP contribution in [0.15, 0.2) is 12.2 Å². The summed E-state index contributed by atoms with van der Waals surface area (Å²) in [4.78, 5) is 0. The Labute approximate surface area is 183 Å². The van der Waals surface area contributed by atoms with Crippen molar-refractivity contribution in [1.82, 2.24) is 0 Å². The Bertz CT molecular complexity index is 415. The minimum atomic E-state index is -1.37. The van der Waals surface area contributed by atoms with E-state index in [1.807, 2.05) is 0 Å². The Morgan fingerprint density at radius 2 is 1.23 bits per heavy atom. The first kappa shape index (κ1) is 27.5. The van der Waals surface area contributed by atoms with Crippen molar-refractivity contribution in [3.63, 3.8) is 0 Å². The van der Waals surface area contributed by atoms with Crippen molar-refractivity contribution in [3.05, 3.63) is 12.2 Å². The van der Waals surface area contributed by atoms with Crippen molar-refractivity contribution < 1.29 is 29.9 Å². The zero-order valence-corrected chi connectivity index (χ0v) is 19.0. The standard InChI is InChI=1S/C24H46O6/c1-2-3-4-5-6-7-8-9-10-11-12-13-14-15-16-17-18-29-24-23(28)22(27)21(26)20(19-25)30-24/h9-10,20-28H,2-8,11-19H2,1H3/b10-9-/t20-,21-,22+,23-,24+/m1/s1. The van der Waals surface area contributed by atoms with E-state index in [1.165, 1.54) is 70.6 Å².